The summed E-state index contributed by atoms with van der Waals surface area (Å²) in [5, 5.41) is 7.05. The molecular weight excluding hydrogens is 262 g/mol. The summed E-state index contributed by atoms with van der Waals surface area (Å²) in [6.45, 7) is 1.70. The van der Waals surface area contributed by atoms with Crippen molar-refractivity contribution in [3.63, 3.8) is 0 Å². The predicted octanol–water partition coefficient (Wildman–Crippen LogP) is 2.75. The van der Waals surface area contributed by atoms with Gasteiger partial charge in [-0.15, -0.1) is 0 Å². The molecule has 1 aromatic carbocycles. The van der Waals surface area contributed by atoms with Gasteiger partial charge in [-0.2, -0.15) is 5.10 Å². The van der Waals surface area contributed by atoms with Crippen LogP contribution >= 0.6 is 0 Å². The topological polar surface area (TPSA) is 49.0 Å². The summed E-state index contributed by atoms with van der Waals surface area (Å²) in [6, 6.07) is 12.2. The Labute approximate surface area is 125 Å². The van der Waals surface area contributed by atoms with Gasteiger partial charge in [0.15, 0.2) is 0 Å². The molecule has 21 heavy (non-hydrogen) atoms. The van der Waals surface area contributed by atoms with E-state index in [1.165, 1.54) is 5.56 Å². The zero-order chi connectivity index (χ0) is 14.5. The smallest absolute Gasteiger partial charge is 0.222 e. The highest BCUT2D eigenvalue weighted by molar-refractivity contribution is 5.76. The van der Waals surface area contributed by atoms with Crippen LogP contribution in [0.3, 0.4) is 0 Å². The van der Waals surface area contributed by atoms with E-state index in [-0.39, 0.29) is 5.91 Å². The Bertz CT molecular complexity index is 565. The van der Waals surface area contributed by atoms with Gasteiger partial charge in [0.1, 0.15) is 0 Å². The second kappa shape index (κ2) is 6.57. The fourth-order valence-corrected chi connectivity index (χ4v) is 3.01. The van der Waals surface area contributed by atoms with Crippen molar-refractivity contribution >= 4 is 5.91 Å². The van der Waals surface area contributed by atoms with Gasteiger partial charge in [0.05, 0.1) is 0 Å². The maximum Gasteiger partial charge on any atom is 0.222 e. The molecule has 1 unspecified atom stereocenters. The molecule has 1 saturated heterocycles. The second-order valence-corrected chi connectivity index (χ2v) is 5.68. The van der Waals surface area contributed by atoms with Gasteiger partial charge < -0.3 is 4.90 Å². The van der Waals surface area contributed by atoms with Crippen LogP contribution in [0.25, 0.3) is 0 Å². The number of likely N-dealkylation sites (tertiary alicyclic amines) is 1. The van der Waals surface area contributed by atoms with E-state index in [9.17, 15) is 4.79 Å². The highest BCUT2D eigenvalue weighted by Crippen LogP contribution is 2.25. The Balaban J connectivity index is 1.55. The summed E-state index contributed by atoms with van der Waals surface area (Å²) in [5.41, 5.74) is 2.38. The fourth-order valence-electron chi connectivity index (χ4n) is 3.01. The number of benzene rings is 1. The number of rotatable bonds is 4. The van der Waals surface area contributed by atoms with Crippen LogP contribution in [-0.2, 0) is 11.2 Å². The maximum atomic E-state index is 12.4. The average molecular weight is 283 g/mol. The molecule has 0 spiro atoms. The summed E-state index contributed by atoms with van der Waals surface area (Å²) in [5.74, 6) is 0.671. The number of piperidine rings is 1. The minimum absolute atomic E-state index is 0.267. The standard InChI is InChI=1S/C17H21N3O/c21-17(9-8-14-5-2-1-3-6-14)20-12-4-7-15(13-20)16-10-11-18-19-16/h1-3,5-6,10-11,15H,4,7-9,12-13H2,(H,18,19). The third-order valence-corrected chi connectivity index (χ3v) is 4.21. The Morgan fingerprint density at radius 1 is 1.29 bits per heavy atom. The first-order valence-corrected chi connectivity index (χ1v) is 7.64. The van der Waals surface area contributed by atoms with Crippen LogP contribution in [-0.4, -0.2) is 34.1 Å². The van der Waals surface area contributed by atoms with E-state index in [0.29, 0.717) is 12.3 Å². The number of nitrogens with one attached hydrogen (secondary N) is 1. The van der Waals surface area contributed by atoms with Crippen LogP contribution in [0.4, 0.5) is 0 Å². The van der Waals surface area contributed by atoms with E-state index in [1.807, 2.05) is 29.2 Å². The number of aromatic nitrogens is 2. The molecule has 0 bridgehead atoms. The number of hydrogen-bond acceptors (Lipinski definition) is 2. The molecule has 4 nitrogen and oxygen atoms in total. The van der Waals surface area contributed by atoms with Gasteiger partial charge in [-0.25, -0.2) is 0 Å². The number of aryl methyl sites for hydroxylation is 1. The number of H-pyrrole nitrogens is 1. The van der Waals surface area contributed by atoms with Gasteiger partial charge in [0.2, 0.25) is 5.91 Å². The van der Waals surface area contributed by atoms with Crippen molar-refractivity contribution in [2.75, 3.05) is 13.1 Å². The van der Waals surface area contributed by atoms with E-state index in [1.54, 1.807) is 6.20 Å². The molecule has 4 heteroatoms. The Morgan fingerprint density at radius 3 is 2.90 bits per heavy atom. The molecule has 1 aliphatic heterocycles. The molecule has 2 aromatic rings. The molecule has 1 aromatic heterocycles. The van der Waals surface area contributed by atoms with Crippen molar-refractivity contribution < 1.29 is 4.79 Å². The van der Waals surface area contributed by atoms with Gasteiger partial charge in [-0.05, 0) is 30.9 Å². The lowest BCUT2D eigenvalue weighted by Gasteiger charge is -2.32. The lowest BCUT2D eigenvalue weighted by Crippen LogP contribution is -2.39. The third-order valence-electron chi connectivity index (χ3n) is 4.21. The summed E-state index contributed by atoms with van der Waals surface area (Å²) in [4.78, 5) is 14.4. The largest absolute Gasteiger partial charge is 0.342 e. The summed E-state index contributed by atoms with van der Waals surface area (Å²) in [6.07, 6.45) is 5.40. The molecular formula is C17H21N3O. The van der Waals surface area contributed by atoms with E-state index in [0.717, 1.165) is 38.0 Å². The van der Waals surface area contributed by atoms with Crippen LogP contribution in [0.5, 0.6) is 0 Å². The number of nitrogens with zero attached hydrogens (tertiary/aromatic N) is 2. The molecule has 1 amide bonds. The minimum atomic E-state index is 0.267. The number of aromatic amines is 1. The second-order valence-electron chi connectivity index (χ2n) is 5.68. The van der Waals surface area contributed by atoms with Gasteiger partial charge in [-0.3, -0.25) is 9.89 Å². The van der Waals surface area contributed by atoms with Crippen molar-refractivity contribution in [2.45, 2.75) is 31.6 Å². The minimum Gasteiger partial charge on any atom is -0.342 e. The lowest BCUT2D eigenvalue weighted by molar-refractivity contribution is -0.132. The summed E-state index contributed by atoms with van der Waals surface area (Å²) < 4.78 is 0. The number of hydrogen-bond donors (Lipinski definition) is 1. The number of amides is 1. The molecule has 0 radical (unpaired) electrons. The molecule has 0 saturated carbocycles. The van der Waals surface area contributed by atoms with Crippen molar-refractivity contribution in [1.29, 1.82) is 0 Å². The highest BCUT2D eigenvalue weighted by Gasteiger charge is 2.25. The molecule has 1 N–H and O–H groups in total. The van der Waals surface area contributed by atoms with Crippen LogP contribution in [0.15, 0.2) is 42.6 Å². The summed E-state index contributed by atoms with van der Waals surface area (Å²) >= 11 is 0. The van der Waals surface area contributed by atoms with Crippen molar-refractivity contribution in [3.05, 3.63) is 53.9 Å². The van der Waals surface area contributed by atoms with E-state index < -0.39 is 0 Å². The normalized spacial score (nSPS) is 18.7. The zero-order valence-electron chi connectivity index (χ0n) is 12.2. The predicted molar refractivity (Wildman–Crippen MR) is 81.9 cm³/mol. The molecule has 1 fully saturated rings. The van der Waals surface area contributed by atoms with Crippen molar-refractivity contribution in [3.8, 4) is 0 Å². The van der Waals surface area contributed by atoms with E-state index >= 15 is 0 Å². The molecule has 0 aliphatic carbocycles. The molecule has 3 rings (SSSR count). The van der Waals surface area contributed by atoms with E-state index in [2.05, 4.69) is 22.3 Å². The number of carbonyl (C=O) groups excluding carboxylic acids is 1. The van der Waals surface area contributed by atoms with Gasteiger partial charge >= 0.3 is 0 Å². The van der Waals surface area contributed by atoms with Gasteiger partial charge in [-0.1, -0.05) is 30.3 Å². The Hall–Kier alpha value is -2.10. The SMILES string of the molecule is O=C(CCc1ccccc1)N1CCCC(c2ccn[nH]2)C1. The van der Waals surface area contributed by atoms with Crippen LogP contribution in [0.1, 0.15) is 36.4 Å². The number of carbonyl (C=O) groups is 1. The highest BCUT2D eigenvalue weighted by atomic mass is 16.2. The first kappa shape index (κ1) is 13.9. The molecule has 110 valence electrons. The lowest BCUT2D eigenvalue weighted by atomic mass is 9.94. The van der Waals surface area contributed by atoms with E-state index in [4.69, 9.17) is 0 Å². The van der Waals surface area contributed by atoms with Crippen LogP contribution < -0.4 is 0 Å². The van der Waals surface area contributed by atoms with Crippen molar-refractivity contribution in [1.82, 2.24) is 15.1 Å². The first-order chi connectivity index (χ1) is 10.3. The molecule has 2 heterocycles. The quantitative estimate of drug-likeness (QED) is 0.938. The van der Waals surface area contributed by atoms with Crippen molar-refractivity contribution in [2.24, 2.45) is 0 Å². The zero-order valence-corrected chi connectivity index (χ0v) is 12.2. The third kappa shape index (κ3) is 3.51. The van der Waals surface area contributed by atoms with Gasteiger partial charge in [0.25, 0.3) is 0 Å². The first-order valence-electron chi connectivity index (χ1n) is 7.64. The van der Waals surface area contributed by atoms with Gasteiger partial charge in [0, 0.05) is 37.3 Å². The van der Waals surface area contributed by atoms with Crippen LogP contribution in [0, 0.1) is 0 Å². The average Bonchev–Trinajstić information content (AvgIpc) is 3.08. The Morgan fingerprint density at radius 2 is 2.14 bits per heavy atom. The van der Waals surface area contributed by atoms with Crippen LogP contribution in [0.2, 0.25) is 0 Å². The fraction of sp³-hybridized carbons (Fsp3) is 0.412. The monoisotopic (exact) mass is 283 g/mol. The maximum absolute atomic E-state index is 12.4. The Kier molecular flexibility index (Phi) is 4.34. The molecule has 1 aliphatic rings. The summed E-state index contributed by atoms with van der Waals surface area (Å²) in [7, 11) is 0. The molecule has 1 atom stereocenters.